The lowest BCUT2D eigenvalue weighted by molar-refractivity contribution is -0.129. The minimum atomic E-state index is -0.798. The SMILES string of the molecule is C=CCN1C(=O)NC(=O)/C(=C/c2ccc(OC(=O)c3cccs3)c(OCC)c2)C1=O. The molecule has 0 unspecified atom stereocenters. The zero-order chi connectivity index (χ0) is 21.7. The fraction of sp³-hybridized carbons (Fsp3) is 0.143. The molecule has 8 nitrogen and oxygen atoms in total. The van der Waals surface area contributed by atoms with Gasteiger partial charge in [0.2, 0.25) is 0 Å². The number of imide groups is 2. The molecule has 3 rings (SSSR count). The quantitative estimate of drug-likeness (QED) is 0.240. The van der Waals surface area contributed by atoms with Crippen LogP contribution in [-0.4, -0.2) is 41.9 Å². The Bertz CT molecular complexity index is 1040. The van der Waals surface area contributed by atoms with E-state index in [0.29, 0.717) is 17.0 Å². The molecule has 0 bridgehead atoms. The number of thiophene rings is 1. The highest BCUT2D eigenvalue weighted by atomic mass is 32.1. The maximum atomic E-state index is 12.5. The smallest absolute Gasteiger partial charge is 0.353 e. The summed E-state index contributed by atoms with van der Waals surface area (Å²) in [6.07, 6.45) is 2.72. The number of carbonyl (C=O) groups excluding carboxylic acids is 4. The molecule has 2 aromatic rings. The van der Waals surface area contributed by atoms with Gasteiger partial charge in [-0.15, -0.1) is 17.9 Å². The summed E-state index contributed by atoms with van der Waals surface area (Å²) in [6, 6.07) is 7.22. The number of hydrogen-bond donors (Lipinski definition) is 1. The summed E-state index contributed by atoms with van der Waals surface area (Å²) in [5.41, 5.74) is 0.253. The maximum absolute atomic E-state index is 12.5. The second kappa shape index (κ2) is 9.19. The van der Waals surface area contributed by atoms with E-state index in [0.717, 1.165) is 4.90 Å². The van der Waals surface area contributed by atoms with Crippen LogP contribution in [0.5, 0.6) is 11.5 Å². The third kappa shape index (κ3) is 4.47. The molecule has 0 saturated carbocycles. The third-order valence-electron chi connectivity index (χ3n) is 4.00. The Morgan fingerprint density at radius 3 is 2.70 bits per heavy atom. The monoisotopic (exact) mass is 426 g/mol. The molecule has 0 atom stereocenters. The van der Waals surface area contributed by atoms with Gasteiger partial charge >= 0.3 is 12.0 Å². The van der Waals surface area contributed by atoms with E-state index >= 15 is 0 Å². The summed E-state index contributed by atoms with van der Waals surface area (Å²) in [4.78, 5) is 50.0. The molecular formula is C21H18N2O6S. The number of hydrogen-bond acceptors (Lipinski definition) is 7. The van der Waals surface area contributed by atoms with Crippen LogP contribution in [0.15, 0.2) is 53.9 Å². The summed E-state index contributed by atoms with van der Waals surface area (Å²) >= 11 is 1.25. The number of barbiturate groups is 1. The normalized spacial score (nSPS) is 15.2. The number of urea groups is 1. The molecule has 154 valence electrons. The molecule has 0 spiro atoms. The Morgan fingerprint density at radius 1 is 1.23 bits per heavy atom. The fourth-order valence-electron chi connectivity index (χ4n) is 2.67. The molecule has 1 aromatic carbocycles. The van der Waals surface area contributed by atoms with E-state index < -0.39 is 23.8 Å². The Labute approximate surface area is 176 Å². The van der Waals surface area contributed by atoms with E-state index in [4.69, 9.17) is 9.47 Å². The van der Waals surface area contributed by atoms with Crippen molar-refractivity contribution in [1.82, 2.24) is 10.2 Å². The number of amides is 4. The number of benzene rings is 1. The van der Waals surface area contributed by atoms with Gasteiger partial charge in [-0.05, 0) is 42.1 Å². The van der Waals surface area contributed by atoms with Crippen molar-refractivity contribution in [2.75, 3.05) is 13.2 Å². The van der Waals surface area contributed by atoms with Gasteiger partial charge in [-0.2, -0.15) is 0 Å². The van der Waals surface area contributed by atoms with E-state index in [2.05, 4.69) is 11.9 Å². The zero-order valence-electron chi connectivity index (χ0n) is 16.0. The molecule has 4 amide bonds. The first kappa shape index (κ1) is 21.0. The van der Waals surface area contributed by atoms with Crippen molar-refractivity contribution < 1.29 is 28.7 Å². The van der Waals surface area contributed by atoms with E-state index in [1.165, 1.54) is 29.6 Å². The lowest BCUT2D eigenvalue weighted by atomic mass is 10.1. The summed E-state index contributed by atoms with van der Waals surface area (Å²) in [7, 11) is 0. The molecule has 2 heterocycles. The van der Waals surface area contributed by atoms with E-state index in [9.17, 15) is 19.2 Å². The highest BCUT2D eigenvalue weighted by Gasteiger charge is 2.34. The summed E-state index contributed by atoms with van der Waals surface area (Å²) in [5.74, 6) is -1.55. The first-order valence-electron chi connectivity index (χ1n) is 8.97. The van der Waals surface area contributed by atoms with Gasteiger partial charge in [0.25, 0.3) is 11.8 Å². The summed E-state index contributed by atoms with van der Waals surface area (Å²) < 4.78 is 11.0. The first-order chi connectivity index (χ1) is 14.4. The highest BCUT2D eigenvalue weighted by Crippen LogP contribution is 2.31. The summed E-state index contributed by atoms with van der Waals surface area (Å²) in [5, 5.41) is 3.89. The summed E-state index contributed by atoms with van der Waals surface area (Å²) in [6.45, 7) is 5.55. The van der Waals surface area contributed by atoms with Gasteiger partial charge in [0.1, 0.15) is 10.5 Å². The van der Waals surface area contributed by atoms with Crippen LogP contribution in [-0.2, 0) is 9.59 Å². The molecular weight excluding hydrogens is 408 g/mol. The van der Waals surface area contributed by atoms with E-state index in [1.807, 2.05) is 0 Å². The van der Waals surface area contributed by atoms with Gasteiger partial charge in [0, 0.05) is 6.54 Å². The Hall–Kier alpha value is -3.72. The van der Waals surface area contributed by atoms with Crippen LogP contribution in [0, 0.1) is 0 Å². The molecule has 1 fully saturated rings. The number of nitrogens with zero attached hydrogens (tertiary/aromatic N) is 1. The van der Waals surface area contributed by atoms with Crippen molar-refractivity contribution in [2.45, 2.75) is 6.92 Å². The van der Waals surface area contributed by atoms with Crippen LogP contribution in [0.3, 0.4) is 0 Å². The van der Waals surface area contributed by atoms with Crippen LogP contribution >= 0.6 is 11.3 Å². The second-order valence-corrected chi connectivity index (χ2v) is 6.98. The molecule has 0 aliphatic carbocycles. The Kier molecular flexibility index (Phi) is 6.43. The van der Waals surface area contributed by atoms with E-state index in [1.54, 1.807) is 36.6 Å². The lowest BCUT2D eigenvalue weighted by Gasteiger charge is -2.25. The maximum Gasteiger partial charge on any atom is 0.353 e. The zero-order valence-corrected chi connectivity index (χ0v) is 16.9. The van der Waals surface area contributed by atoms with Gasteiger partial charge in [-0.3, -0.25) is 19.8 Å². The van der Waals surface area contributed by atoms with Crippen molar-refractivity contribution in [3.8, 4) is 11.5 Å². The van der Waals surface area contributed by atoms with Crippen LogP contribution in [0.25, 0.3) is 6.08 Å². The number of rotatable bonds is 7. The van der Waals surface area contributed by atoms with Crippen LogP contribution in [0.2, 0.25) is 0 Å². The highest BCUT2D eigenvalue weighted by molar-refractivity contribution is 7.12. The van der Waals surface area contributed by atoms with Crippen molar-refractivity contribution in [2.24, 2.45) is 0 Å². The van der Waals surface area contributed by atoms with Crippen molar-refractivity contribution in [3.63, 3.8) is 0 Å². The first-order valence-corrected chi connectivity index (χ1v) is 9.84. The molecule has 1 aromatic heterocycles. The third-order valence-corrected chi connectivity index (χ3v) is 4.85. The number of nitrogens with one attached hydrogen (secondary N) is 1. The second-order valence-electron chi connectivity index (χ2n) is 6.03. The van der Waals surface area contributed by atoms with Gasteiger partial charge in [0.05, 0.1) is 6.61 Å². The van der Waals surface area contributed by atoms with Crippen LogP contribution in [0.4, 0.5) is 4.79 Å². The Balaban J connectivity index is 1.90. The predicted molar refractivity (Wildman–Crippen MR) is 110 cm³/mol. The van der Waals surface area contributed by atoms with Crippen molar-refractivity contribution in [1.29, 1.82) is 0 Å². The standard InChI is InChI=1S/C21H18N2O6S/c1-3-9-23-19(25)14(18(24)22-21(23)27)11-13-7-8-15(16(12-13)28-4-2)29-20(26)17-6-5-10-30-17/h3,5-8,10-12H,1,4,9H2,2H3,(H,22,24,27)/b14-11-. The number of esters is 1. The van der Waals surface area contributed by atoms with Crippen LogP contribution in [0.1, 0.15) is 22.2 Å². The number of carbonyl (C=O) groups is 4. The fourth-order valence-corrected chi connectivity index (χ4v) is 3.27. The predicted octanol–water partition coefficient (Wildman–Crippen LogP) is 3.01. The van der Waals surface area contributed by atoms with E-state index in [-0.39, 0.29) is 23.6 Å². The van der Waals surface area contributed by atoms with Crippen LogP contribution < -0.4 is 14.8 Å². The minimum absolute atomic E-state index is 0.0307. The largest absolute Gasteiger partial charge is 0.490 e. The van der Waals surface area contributed by atoms with Gasteiger partial charge in [-0.25, -0.2) is 9.59 Å². The van der Waals surface area contributed by atoms with Gasteiger partial charge in [-0.1, -0.05) is 18.2 Å². The Morgan fingerprint density at radius 2 is 2.03 bits per heavy atom. The average Bonchev–Trinajstić information content (AvgIpc) is 3.25. The molecule has 1 saturated heterocycles. The molecule has 0 radical (unpaired) electrons. The van der Waals surface area contributed by atoms with Crippen molar-refractivity contribution >= 4 is 41.2 Å². The number of ether oxygens (including phenoxy) is 2. The van der Waals surface area contributed by atoms with Crippen molar-refractivity contribution in [3.05, 3.63) is 64.4 Å². The molecule has 1 aliphatic rings. The molecule has 1 aliphatic heterocycles. The lowest BCUT2D eigenvalue weighted by Crippen LogP contribution is -2.54. The minimum Gasteiger partial charge on any atom is -0.490 e. The topological polar surface area (TPSA) is 102 Å². The molecule has 1 N–H and O–H groups in total. The van der Waals surface area contributed by atoms with Gasteiger partial charge in [0.15, 0.2) is 11.5 Å². The van der Waals surface area contributed by atoms with Gasteiger partial charge < -0.3 is 9.47 Å². The molecule has 9 heteroatoms. The average molecular weight is 426 g/mol. The molecule has 30 heavy (non-hydrogen) atoms.